The maximum Gasteiger partial charge on any atom is 0.152 e. The lowest BCUT2D eigenvalue weighted by Gasteiger charge is -2.16. The highest BCUT2D eigenvalue weighted by atomic mass is 35.5. The van der Waals surface area contributed by atoms with Crippen LogP contribution in [0, 0.1) is 0 Å². The molecule has 2 unspecified atom stereocenters. The maximum absolute atomic E-state index is 9.77. The summed E-state index contributed by atoms with van der Waals surface area (Å²) in [5.41, 5.74) is 4.37. The van der Waals surface area contributed by atoms with Gasteiger partial charge in [-0.15, -0.1) is 0 Å². The number of hydrogen-bond acceptors (Lipinski definition) is 2. The molecule has 2 atom stereocenters. The number of rotatable bonds is 6. The van der Waals surface area contributed by atoms with Crippen LogP contribution in [0.15, 0.2) is 48.5 Å². The summed E-state index contributed by atoms with van der Waals surface area (Å²) in [7, 11) is 0. The third kappa shape index (κ3) is 5.36. The van der Waals surface area contributed by atoms with E-state index in [1.54, 1.807) is 24.3 Å². The van der Waals surface area contributed by atoms with Gasteiger partial charge in [0.2, 0.25) is 0 Å². The second-order valence-corrected chi connectivity index (χ2v) is 9.33. The van der Waals surface area contributed by atoms with E-state index in [1.807, 2.05) is 0 Å². The molecule has 6 heteroatoms. The summed E-state index contributed by atoms with van der Waals surface area (Å²) in [5.74, 6) is 0.199. The van der Waals surface area contributed by atoms with Crippen LogP contribution in [-0.4, -0.2) is 10.2 Å². The Morgan fingerprint density at radius 2 is 0.967 bits per heavy atom. The summed E-state index contributed by atoms with van der Waals surface area (Å²) < 4.78 is 0. The van der Waals surface area contributed by atoms with E-state index in [9.17, 15) is 10.2 Å². The molecule has 0 amide bonds. The third-order valence-electron chi connectivity index (χ3n) is 5.29. The van der Waals surface area contributed by atoms with E-state index in [4.69, 9.17) is 46.4 Å². The highest BCUT2D eigenvalue weighted by Gasteiger charge is 2.15. The fourth-order valence-electron chi connectivity index (χ4n) is 3.57. The SMILES string of the molecule is CC(Cc1cccc(CC(C)c2cc(Cl)c(O)c(Cl)c2)c1)c1cc(Cl)c(O)c(Cl)c1. The molecule has 0 aromatic heterocycles. The third-order valence-corrected chi connectivity index (χ3v) is 6.44. The largest absolute Gasteiger partial charge is 0.505 e. The topological polar surface area (TPSA) is 40.5 Å². The van der Waals surface area contributed by atoms with Gasteiger partial charge in [0.15, 0.2) is 11.5 Å². The molecule has 3 aromatic carbocycles. The number of benzene rings is 3. The lowest BCUT2D eigenvalue weighted by Crippen LogP contribution is -2.02. The molecule has 0 saturated heterocycles. The molecular formula is C24H22Cl4O2. The van der Waals surface area contributed by atoms with E-state index in [1.165, 1.54) is 11.1 Å². The average Bonchev–Trinajstić information content (AvgIpc) is 2.69. The Morgan fingerprint density at radius 1 is 0.633 bits per heavy atom. The number of halogens is 4. The van der Waals surface area contributed by atoms with Crippen molar-refractivity contribution >= 4 is 46.4 Å². The van der Waals surface area contributed by atoms with Crippen LogP contribution < -0.4 is 0 Å². The van der Waals surface area contributed by atoms with Gasteiger partial charge in [-0.2, -0.15) is 0 Å². The molecule has 0 aliphatic heterocycles. The minimum atomic E-state index is -0.0836. The van der Waals surface area contributed by atoms with Crippen LogP contribution in [-0.2, 0) is 12.8 Å². The highest BCUT2D eigenvalue weighted by Crippen LogP contribution is 2.37. The van der Waals surface area contributed by atoms with Gasteiger partial charge >= 0.3 is 0 Å². The van der Waals surface area contributed by atoms with Gasteiger partial charge in [-0.3, -0.25) is 0 Å². The Kier molecular flexibility index (Phi) is 7.47. The van der Waals surface area contributed by atoms with Crippen LogP contribution in [0.5, 0.6) is 11.5 Å². The fraction of sp³-hybridized carbons (Fsp3) is 0.250. The first-order valence-electron chi connectivity index (χ1n) is 9.59. The quantitative estimate of drug-likeness (QED) is 0.369. The fourth-order valence-corrected chi connectivity index (χ4v) is 4.57. The van der Waals surface area contributed by atoms with Crippen molar-refractivity contribution < 1.29 is 10.2 Å². The molecule has 0 aliphatic rings. The lowest BCUT2D eigenvalue weighted by atomic mass is 9.90. The molecule has 0 heterocycles. The van der Waals surface area contributed by atoms with Gasteiger partial charge in [0.05, 0.1) is 20.1 Å². The maximum atomic E-state index is 9.77. The van der Waals surface area contributed by atoms with Crippen LogP contribution in [0.4, 0.5) is 0 Å². The smallest absolute Gasteiger partial charge is 0.152 e. The molecule has 3 aromatic rings. The molecule has 0 fully saturated rings. The molecule has 2 N–H and O–H groups in total. The zero-order chi connectivity index (χ0) is 22.0. The van der Waals surface area contributed by atoms with E-state index in [0.29, 0.717) is 0 Å². The van der Waals surface area contributed by atoms with Gasteiger partial charge in [-0.25, -0.2) is 0 Å². The monoisotopic (exact) mass is 482 g/mol. The minimum Gasteiger partial charge on any atom is -0.505 e. The summed E-state index contributed by atoms with van der Waals surface area (Å²) in [6.45, 7) is 4.21. The number of aromatic hydroxyl groups is 2. The van der Waals surface area contributed by atoms with Gasteiger partial charge in [0, 0.05) is 0 Å². The van der Waals surface area contributed by atoms with E-state index in [2.05, 4.69) is 38.1 Å². The molecular weight excluding hydrogens is 462 g/mol. The predicted octanol–water partition coefficient (Wildman–Crippen LogP) is 8.40. The van der Waals surface area contributed by atoms with Crippen molar-refractivity contribution in [1.82, 2.24) is 0 Å². The van der Waals surface area contributed by atoms with Crippen molar-refractivity contribution in [1.29, 1.82) is 0 Å². The van der Waals surface area contributed by atoms with Gasteiger partial charge < -0.3 is 10.2 Å². The van der Waals surface area contributed by atoms with Gasteiger partial charge in [-0.1, -0.05) is 84.5 Å². The van der Waals surface area contributed by atoms with Crippen LogP contribution in [0.25, 0.3) is 0 Å². The Labute approximate surface area is 197 Å². The summed E-state index contributed by atoms with van der Waals surface area (Å²) in [5, 5.41) is 20.6. The Bertz CT molecular complexity index is 938. The normalized spacial score (nSPS) is 13.3. The van der Waals surface area contributed by atoms with Crippen LogP contribution >= 0.6 is 46.4 Å². The summed E-state index contributed by atoms with van der Waals surface area (Å²) in [6, 6.07) is 15.5. The summed E-state index contributed by atoms with van der Waals surface area (Å²) in [6.07, 6.45) is 1.63. The van der Waals surface area contributed by atoms with Gasteiger partial charge in [-0.05, 0) is 71.2 Å². The average molecular weight is 484 g/mol. The molecule has 30 heavy (non-hydrogen) atoms. The van der Waals surface area contributed by atoms with Crippen molar-refractivity contribution in [2.24, 2.45) is 0 Å². The summed E-state index contributed by atoms with van der Waals surface area (Å²) >= 11 is 24.3. The van der Waals surface area contributed by atoms with Crippen LogP contribution in [0.1, 0.15) is 47.9 Å². The predicted molar refractivity (Wildman–Crippen MR) is 127 cm³/mol. The summed E-state index contributed by atoms with van der Waals surface area (Å²) in [4.78, 5) is 0. The number of hydrogen-bond donors (Lipinski definition) is 2. The second kappa shape index (κ2) is 9.70. The van der Waals surface area contributed by atoms with Crippen LogP contribution in [0.2, 0.25) is 20.1 Å². The number of phenols is 2. The standard InChI is InChI=1S/C24H22Cl4O2/c1-13(17-9-19(25)23(29)20(26)10-17)6-15-4-3-5-16(8-15)7-14(2)18-11-21(27)24(30)22(28)12-18/h3-5,8-14,29-30H,6-7H2,1-2H3. The first-order valence-corrected chi connectivity index (χ1v) is 11.1. The minimum absolute atomic E-state index is 0.0836. The molecule has 0 bridgehead atoms. The van der Waals surface area contributed by atoms with Crippen molar-refractivity contribution in [2.45, 2.75) is 38.5 Å². The molecule has 158 valence electrons. The molecule has 0 saturated carbocycles. The Hall–Kier alpha value is -1.58. The molecule has 0 radical (unpaired) electrons. The number of phenolic OH excluding ortho intramolecular Hbond substituents is 2. The first-order chi connectivity index (χ1) is 14.2. The van der Waals surface area contributed by atoms with Crippen LogP contribution in [0.3, 0.4) is 0 Å². The Balaban J connectivity index is 1.74. The second-order valence-electron chi connectivity index (χ2n) is 7.70. The van der Waals surface area contributed by atoms with Gasteiger partial charge in [0.25, 0.3) is 0 Å². The molecule has 0 spiro atoms. The zero-order valence-electron chi connectivity index (χ0n) is 16.6. The molecule has 3 rings (SSSR count). The first kappa shape index (κ1) is 23.1. The van der Waals surface area contributed by atoms with Crippen molar-refractivity contribution in [3.63, 3.8) is 0 Å². The zero-order valence-corrected chi connectivity index (χ0v) is 19.6. The van der Waals surface area contributed by atoms with E-state index >= 15 is 0 Å². The van der Waals surface area contributed by atoms with E-state index < -0.39 is 0 Å². The Morgan fingerprint density at radius 3 is 1.30 bits per heavy atom. The van der Waals surface area contributed by atoms with Crippen molar-refractivity contribution in [3.05, 3.63) is 90.9 Å². The molecule has 0 aliphatic carbocycles. The van der Waals surface area contributed by atoms with E-state index in [0.717, 1.165) is 24.0 Å². The highest BCUT2D eigenvalue weighted by molar-refractivity contribution is 6.37. The van der Waals surface area contributed by atoms with Crippen molar-refractivity contribution in [2.75, 3.05) is 0 Å². The van der Waals surface area contributed by atoms with E-state index in [-0.39, 0.29) is 43.4 Å². The lowest BCUT2D eigenvalue weighted by molar-refractivity contribution is 0.475. The molecule has 2 nitrogen and oxygen atoms in total. The van der Waals surface area contributed by atoms with Gasteiger partial charge in [0.1, 0.15) is 0 Å². The van der Waals surface area contributed by atoms with Crippen molar-refractivity contribution in [3.8, 4) is 11.5 Å².